The molecule has 3 aromatic carbocycles. The molecule has 0 radical (unpaired) electrons. The van der Waals surface area contributed by atoms with Crippen LogP contribution in [0.1, 0.15) is 36.6 Å². The van der Waals surface area contributed by atoms with E-state index in [-0.39, 0.29) is 34.4 Å². The molecule has 1 heterocycles. The number of aromatic carboxylic acids is 1. The van der Waals surface area contributed by atoms with E-state index in [0.29, 0.717) is 22.6 Å². The first-order valence-electron chi connectivity index (χ1n) is 8.81. The van der Waals surface area contributed by atoms with E-state index < -0.39 is 11.9 Å². The monoisotopic (exact) mass is 423 g/mol. The van der Waals surface area contributed by atoms with Crippen LogP contribution in [-0.4, -0.2) is 29.6 Å². The Hall–Kier alpha value is -3.84. The third kappa shape index (κ3) is 3.83. The molecule has 0 bridgehead atoms. The maximum Gasteiger partial charge on any atom is 0.337 e. The third-order valence-corrected chi connectivity index (χ3v) is 4.74. The second-order valence-corrected chi connectivity index (χ2v) is 6.86. The number of hydrogen-bond donors (Lipinski definition) is 2. The molecule has 2 N–H and O–H groups in total. The molecular formula is C22H14ClNO6. The molecule has 1 aliphatic rings. The number of halogens is 1. The molecule has 7 nitrogen and oxygen atoms in total. The number of amides is 1. The van der Waals surface area contributed by atoms with Crippen LogP contribution < -0.4 is 14.8 Å². The van der Waals surface area contributed by atoms with Crippen LogP contribution in [0, 0.1) is 0 Å². The highest BCUT2D eigenvalue weighted by Gasteiger charge is 2.18. The van der Waals surface area contributed by atoms with Crippen LogP contribution in [0.5, 0.6) is 11.5 Å². The highest BCUT2D eigenvalue weighted by atomic mass is 35.5. The summed E-state index contributed by atoms with van der Waals surface area (Å²) in [5.41, 5.74) is 1.10. The molecule has 0 fully saturated rings. The van der Waals surface area contributed by atoms with Crippen molar-refractivity contribution in [3.8, 4) is 11.5 Å². The lowest BCUT2D eigenvalue weighted by Crippen LogP contribution is -2.15. The molecule has 0 aromatic heterocycles. The number of carboxylic acid groups (broad SMARTS) is 1. The fourth-order valence-electron chi connectivity index (χ4n) is 2.97. The van der Waals surface area contributed by atoms with E-state index in [4.69, 9.17) is 21.1 Å². The SMILES string of the molecule is O=C(Nc1ccc(Cl)cc1C(=O)O)c1ccc(C(=O)c2ccc3c(c2)OCO3)cc1. The van der Waals surface area contributed by atoms with Crippen LogP contribution >= 0.6 is 11.6 Å². The Balaban J connectivity index is 1.52. The molecule has 0 unspecified atom stereocenters. The second kappa shape index (κ2) is 7.88. The van der Waals surface area contributed by atoms with Gasteiger partial charge in [-0.05, 0) is 48.5 Å². The molecule has 0 saturated heterocycles. The number of anilines is 1. The average molecular weight is 424 g/mol. The predicted octanol–water partition coefficient (Wildman–Crippen LogP) is 4.25. The Bertz CT molecular complexity index is 1170. The van der Waals surface area contributed by atoms with Crippen LogP contribution in [0.4, 0.5) is 5.69 Å². The number of nitrogens with one attached hydrogen (secondary N) is 1. The molecule has 3 aromatic rings. The Labute approximate surface area is 175 Å². The first kappa shape index (κ1) is 19.5. The fourth-order valence-corrected chi connectivity index (χ4v) is 3.15. The van der Waals surface area contributed by atoms with Crippen LogP contribution in [0.25, 0.3) is 0 Å². The number of ether oxygens (including phenoxy) is 2. The third-order valence-electron chi connectivity index (χ3n) is 4.50. The van der Waals surface area contributed by atoms with Gasteiger partial charge in [-0.3, -0.25) is 9.59 Å². The van der Waals surface area contributed by atoms with E-state index in [1.54, 1.807) is 18.2 Å². The van der Waals surface area contributed by atoms with Crippen molar-refractivity contribution in [1.29, 1.82) is 0 Å². The zero-order valence-electron chi connectivity index (χ0n) is 15.3. The molecule has 1 amide bonds. The number of rotatable bonds is 5. The molecule has 30 heavy (non-hydrogen) atoms. The van der Waals surface area contributed by atoms with Gasteiger partial charge in [0.2, 0.25) is 6.79 Å². The summed E-state index contributed by atoms with van der Waals surface area (Å²) in [6.45, 7) is 0.119. The van der Waals surface area contributed by atoms with Crippen LogP contribution in [0.3, 0.4) is 0 Å². The van der Waals surface area contributed by atoms with Crippen LogP contribution in [0.15, 0.2) is 60.7 Å². The van der Waals surface area contributed by atoms with E-state index in [2.05, 4.69) is 5.32 Å². The molecule has 8 heteroatoms. The van der Waals surface area contributed by atoms with Gasteiger partial charge in [-0.1, -0.05) is 23.7 Å². The van der Waals surface area contributed by atoms with E-state index in [9.17, 15) is 19.5 Å². The Morgan fingerprint density at radius 1 is 0.833 bits per heavy atom. The topological polar surface area (TPSA) is 102 Å². The molecule has 1 aliphatic heterocycles. The van der Waals surface area contributed by atoms with Crippen molar-refractivity contribution >= 4 is 34.9 Å². The Morgan fingerprint density at radius 3 is 2.23 bits per heavy atom. The summed E-state index contributed by atoms with van der Waals surface area (Å²) < 4.78 is 10.5. The Kier molecular flexibility index (Phi) is 5.12. The fraction of sp³-hybridized carbons (Fsp3) is 0.0455. The largest absolute Gasteiger partial charge is 0.478 e. The maximum absolute atomic E-state index is 12.7. The summed E-state index contributed by atoms with van der Waals surface area (Å²) in [6, 6.07) is 15.1. The molecule has 0 atom stereocenters. The van der Waals surface area contributed by atoms with E-state index in [1.165, 1.54) is 42.5 Å². The summed E-state index contributed by atoms with van der Waals surface area (Å²) in [6.07, 6.45) is 0. The number of carbonyl (C=O) groups excluding carboxylic acids is 2. The normalized spacial score (nSPS) is 11.8. The minimum Gasteiger partial charge on any atom is -0.478 e. The molecule has 150 valence electrons. The first-order valence-corrected chi connectivity index (χ1v) is 9.19. The van der Waals surface area contributed by atoms with E-state index >= 15 is 0 Å². The van der Waals surface area contributed by atoms with Gasteiger partial charge < -0.3 is 19.9 Å². The summed E-state index contributed by atoms with van der Waals surface area (Å²) in [5.74, 6) is -0.860. The van der Waals surface area contributed by atoms with Crippen molar-refractivity contribution in [1.82, 2.24) is 0 Å². The number of benzene rings is 3. The number of carbonyl (C=O) groups is 3. The lowest BCUT2D eigenvalue weighted by atomic mass is 10.0. The molecule has 0 saturated carbocycles. The van der Waals surface area contributed by atoms with Crippen molar-refractivity contribution < 1.29 is 29.0 Å². The van der Waals surface area contributed by atoms with Gasteiger partial charge in [-0.15, -0.1) is 0 Å². The van der Waals surface area contributed by atoms with Crippen molar-refractivity contribution in [2.45, 2.75) is 0 Å². The van der Waals surface area contributed by atoms with Gasteiger partial charge in [0, 0.05) is 21.7 Å². The summed E-state index contributed by atoms with van der Waals surface area (Å²) in [7, 11) is 0. The van der Waals surface area contributed by atoms with Crippen LogP contribution in [-0.2, 0) is 0 Å². The second-order valence-electron chi connectivity index (χ2n) is 6.42. The smallest absolute Gasteiger partial charge is 0.337 e. The average Bonchev–Trinajstić information content (AvgIpc) is 3.22. The predicted molar refractivity (Wildman–Crippen MR) is 109 cm³/mol. The van der Waals surface area contributed by atoms with Crippen molar-refractivity contribution in [3.63, 3.8) is 0 Å². The minimum atomic E-state index is -1.21. The number of hydrogen-bond acceptors (Lipinski definition) is 5. The lowest BCUT2D eigenvalue weighted by molar-refractivity contribution is 0.0697. The van der Waals surface area contributed by atoms with Gasteiger partial charge in [0.15, 0.2) is 17.3 Å². The van der Waals surface area contributed by atoms with Gasteiger partial charge in [-0.25, -0.2) is 4.79 Å². The van der Waals surface area contributed by atoms with Gasteiger partial charge in [0.05, 0.1) is 11.3 Å². The minimum absolute atomic E-state index is 0.119. The first-order chi connectivity index (χ1) is 14.4. The Morgan fingerprint density at radius 2 is 1.50 bits per heavy atom. The molecule has 0 spiro atoms. The zero-order chi connectivity index (χ0) is 21.3. The number of carboxylic acids is 1. The highest BCUT2D eigenvalue weighted by molar-refractivity contribution is 6.31. The summed E-state index contributed by atoms with van der Waals surface area (Å²) in [4.78, 5) is 36.5. The van der Waals surface area contributed by atoms with Crippen molar-refractivity contribution in [2.24, 2.45) is 0 Å². The van der Waals surface area contributed by atoms with Gasteiger partial charge in [-0.2, -0.15) is 0 Å². The zero-order valence-corrected chi connectivity index (χ0v) is 16.1. The highest BCUT2D eigenvalue weighted by Crippen LogP contribution is 2.33. The van der Waals surface area contributed by atoms with Gasteiger partial charge >= 0.3 is 5.97 Å². The van der Waals surface area contributed by atoms with E-state index in [0.717, 1.165) is 0 Å². The summed E-state index contributed by atoms with van der Waals surface area (Å²) in [5, 5.41) is 12.1. The molecular weight excluding hydrogens is 410 g/mol. The number of fused-ring (bicyclic) bond motifs is 1. The van der Waals surface area contributed by atoms with Gasteiger partial charge in [0.1, 0.15) is 0 Å². The standard InChI is InChI=1S/C22H14ClNO6/c23-15-6-7-17(16(10-15)22(27)28)24-21(26)13-3-1-12(2-4-13)20(25)14-5-8-18-19(9-14)30-11-29-18/h1-10H,11H2,(H,24,26)(H,27,28). The number of ketones is 1. The van der Waals surface area contributed by atoms with E-state index in [1.807, 2.05) is 0 Å². The van der Waals surface area contributed by atoms with Gasteiger partial charge in [0.25, 0.3) is 5.91 Å². The summed E-state index contributed by atoms with van der Waals surface area (Å²) >= 11 is 5.82. The molecule has 4 rings (SSSR count). The lowest BCUT2D eigenvalue weighted by Gasteiger charge is -2.09. The quantitative estimate of drug-likeness (QED) is 0.595. The van der Waals surface area contributed by atoms with Crippen molar-refractivity contribution in [3.05, 3.63) is 87.9 Å². The van der Waals surface area contributed by atoms with Crippen molar-refractivity contribution in [2.75, 3.05) is 12.1 Å². The molecule has 0 aliphatic carbocycles. The van der Waals surface area contributed by atoms with Crippen LogP contribution in [0.2, 0.25) is 5.02 Å². The maximum atomic E-state index is 12.7.